The first-order valence-electron chi connectivity index (χ1n) is 6.30. The molecule has 0 unspecified atom stereocenters. The van der Waals surface area contributed by atoms with E-state index in [2.05, 4.69) is 41.5 Å². The second-order valence-corrected chi connectivity index (χ2v) is 4.89. The molecule has 0 atom stereocenters. The van der Waals surface area contributed by atoms with Crippen LogP contribution in [0.25, 0.3) is 0 Å². The van der Waals surface area contributed by atoms with E-state index in [0.29, 0.717) is 6.04 Å². The Balaban J connectivity index is 1.86. The minimum atomic E-state index is 0.415. The summed E-state index contributed by atoms with van der Waals surface area (Å²) in [6.07, 6.45) is 2.02. The molecule has 2 aromatic rings. The Bertz CT molecular complexity index is 509. The highest BCUT2D eigenvalue weighted by Crippen LogP contribution is 2.05. The molecule has 18 heavy (non-hydrogen) atoms. The fraction of sp³-hybridized carbons (Fsp3) is 0.538. The predicted molar refractivity (Wildman–Crippen MR) is 71.1 cm³/mol. The lowest BCUT2D eigenvalue weighted by Crippen LogP contribution is -2.16. The number of hydrogen-bond acceptors (Lipinski definition) is 3. The molecular weight excluding hydrogens is 226 g/mol. The normalized spacial score (nSPS) is 11.4. The maximum absolute atomic E-state index is 4.50. The second kappa shape index (κ2) is 5.35. The van der Waals surface area contributed by atoms with E-state index in [9.17, 15) is 0 Å². The van der Waals surface area contributed by atoms with Crippen molar-refractivity contribution in [2.24, 2.45) is 7.05 Å². The van der Waals surface area contributed by atoms with Crippen molar-refractivity contribution in [2.45, 2.75) is 39.9 Å². The lowest BCUT2D eigenvalue weighted by atomic mass is 10.3. The van der Waals surface area contributed by atoms with E-state index in [-0.39, 0.29) is 0 Å². The highest BCUT2D eigenvalue weighted by Gasteiger charge is 2.04. The van der Waals surface area contributed by atoms with E-state index in [0.717, 1.165) is 24.5 Å². The van der Waals surface area contributed by atoms with Gasteiger partial charge < -0.3 is 5.32 Å². The van der Waals surface area contributed by atoms with Crippen LogP contribution in [0.15, 0.2) is 18.3 Å². The van der Waals surface area contributed by atoms with E-state index in [1.165, 1.54) is 5.69 Å². The van der Waals surface area contributed by atoms with Crippen LogP contribution in [-0.2, 0) is 20.1 Å². The van der Waals surface area contributed by atoms with Gasteiger partial charge in [-0.2, -0.15) is 10.2 Å². The van der Waals surface area contributed by atoms with Crippen LogP contribution in [0, 0.1) is 6.92 Å². The standard InChI is InChI=1S/C13H21N5/c1-10(2)18-6-5-12(16-18)8-14-9-13-7-11(3)15-17(13)4/h5-7,10,14H,8-9H2,1-4H3. The summed E-state index contributed by atoms with van der Waals surface area (Å²) in [5, 5.41) is 12.2. The van der Waals surface area contributed by atoms with E-state index in [1.807, 2.05) is 29.5 Å². The van der Waals surface area contributed by atoms with Gasteiger partial charge in [-0.15, -0.1) is 0 Å². The van der Waals surface area contributed by atoms with Gasteiger partial charge in [-0.25, -0.2) is 0 Å². The Hall–Kier alpha value is -1.62. The fourth-order valence-corrected chi connectivity index (χ4v) is 1.91. The zero-order valence-electron chi connectivity index (χ0n) is 11.5. The molecule has 0 aliphatic rings. The third-order valence-electron chi connectivity index (χ3n) is 2.90. The molecular formula is C13H21N5. The molecule has 0 fully saturated rings. The number of nitrogens with zero attached hydrogens (tertiary/aromatic N) is 4. The summed E-state index contributed by atoms with van der Waals surface area (Å²) in [5.41, 5.74) is 3.32. The number of nitrogens with one attached hydrogen (secondary N) is 1. The number of rotatable bonds is 5. The molecule has 0 spiro atoms. The van der Waals surface area contributed by atoms with E-state index < -0.39 is 0 Å². The van der Waals surface area contributed by atoms with E-state index >= 15 is 0 Å². The monoisotopic (exact) mass is 247 g/mol. The topological polar surface area (TPSA) is 47.7 Å². The minimum absolute atomic E-state index is 0.415. The van der Waals surface area contributed by atoms with Crippen molar-refractivity contribution in [2.75, 3.05) is 0 Å². The Morgan fingerprint density at radius 2 is 2.06 bits per heavy atom. The maximum Gasteiger partial charge on any atom is 0.0762 e. The van der Waals surface area contributed by atoms with Gasteiger partial charge in [0, 0.05) is 32.4 Å². The molecule has 0 aliphatic carbocycles. The molecule has 5 heteroatoms. The van der Waals surface area contributed by atoms with Gasteiger partial charge in [-0.1, -0.05) is 0 Å². The van der Waals surface area contributed by atoms with Crippen molar-refractivity contribution in [3.05, 3.63) is 35.4 Å². The first-order chi connectivity index (χ1) is 8.56. The highest BCUT2D eigenvalue weighted by atomic mass is 15.3. The number of hydrogen-bond donors (Lipinski definition) is 1. The van der Waals surface area contributed by atoms with Crippen LogP contribution in [0.5, 0.6) is 0 Å². The summed E-state index contributed by atoms with van der Waals surface area (Å²) in [6, 6.07) is 4.57. The molecule has 98 valence electrons. The molecule has 0 saturated heterocycles. The largest absolute Gasteiger partial charge is 0.305 e. The number of aromatic nitrogens is 4. The average molecular weight is 247 g/mol. The summed E-state index contributed by atoms with van der Waals surface area (Å²) in [7, 11) is 1.97. The molecule has 0 bridgehead atoms. The lowest BCUT2D eigenvalue weighted by molar-refractivity contribution is 0.520. The lowest BCUT2D eigenvalue weighted by Gasteiger charge is -2.05. The first-order valence-corrected chi connectivity index (χ1v) is 6.30. The quantitative estimate of drug-likeness (QED) is 0.876. The van der Waals surface area contributed by atoms with Gasteiger partial charge in [-0.05, 0) is 32.9 Å². The second-order valence-electron chi connectivity index (χ2n) is 4.89. The van der Waals surface area contributed by atoms with Gasteiger partial charge in [-0.3, -0.25) is 9.36 Å². The minimum Gasteiger partial charge on any atom is -0.305 e. The van der Waals surface area contributed by atoms with Crippen molar-refractivity contribution < 1.29 is 0 Å². The molecule has 1 N–H and O–H groups in total. The van der Waals surface area contributed by atoms with Crippen molar-refractivity contribution in [3.8, 4) is 0 Å². The molecule has 2 heterocycles. The van der Waals surface area contributed by atoms with Gasteiger partial charge in [0.05, 0.1) is 17.1 Å². The van der Waals surface area contributed by atoms with Gasteiger partial charge in [0.2, 0.25) is 0 Å². The molecule has 0 amide bonds. The summed E-state index contributed by atoms with van der Waals surface area (Å²) in [5.74, 6) is 0. The molecule has 0 aliphatic heterocycles. The van der Waals surface area contributed by atoms with Gasteiger partial charge in [0.25, 0.3) is 0 Å². The Labute approximate surface area is 108 Å². The smallest absolute Gasteiger partial charge is 0.0762 e. The van der Waals surface area contributed by atoms with Crippen LogP contribution < -0.4 is 5.32 Å². The molecule has 0 saturated carbocycles. The molecule has 2 rings (SSSR count). The predicted octanol–water partition coefficient (Wildman–Crippen LogP) is 1.80. The van der Waals surface area contributed by atoms with Crippen LogP contribution in [0.1, 0.15) is 37.0 Å². The van der Waals surface area contributed by atoms with Crippen molar-refractivity contribution in [1.29, 1.82) is 0 Å². The summed E-state index contributed by atoms with van der Waals surface area (Å²) in [4.78, 5) is 0. The van der Waals surface area contributed by atoms with Crippen LogP contribution in [0.3, 0.4) is 0 Å². The van der Waals surface area contributed by atoms with Gasteiger partial charge in [0.1, 0.15) is 0 Å². The summed E-state index contributed by atoms with van der Waals surface area (Å²) >= 11 is 0. The van der Waals surface area contributed by atoms with Crippen molar-refractivity contribution >= 4 is 0 Å². The average Bonchev–Trinajstić information content (AvgIpc) is 2.87. The third kappa shape index (κ3) is 2.98. The Morgan fingerprint density at radius 1 is 1.28 bits per heavy atom. The van der Waals surface area contributed by atoms with Crippen LogP contribution in [0.4, 0.5) is 0 Å². The zero-order valence-corrected chi connectivity index (χ0v) is 11.5. The summed E-state index contributed by atoms with van der Waals surface area (Å²) in [6.45, 7) is 7.86. The molecule has 0 radical (unpaired) electrons. The first kappa shape index (κ1) is 12.8. The maximum atomic E-state index is 4.50. The van der Waals surface area contributed by atoms with Gasteiger partial charge in [0.15, 0.2) is 0 Å². The fourth-order valence-electron chi connectivity index (χ4n) is 1.91. The third-order valence-corrected chi connectivity index (χ3v) is 2.90. The van der Waals surface area contributed by atoms with Gasteiger partial charge >= 0.3 is 0 Å². The van der Waals surface area contributed by atoms with Crippen molar-refractivity contribution in [1.82, 2.24) is 24.9 Å². The molecule has 5 nitrogen and oxygen atoms in total. The Kier molecular flexibility index (Phi) is 3.81. The van der Waals surface area contributed by atoms with E-state index in [1.54, 1.807) is 0 Å². The molecule has 0 aromatic carbocycles. The summed E-state index contributed by atoms with van der Waals surface area (Å²) < 4.78 is 3.89. The molecule has 2 aromatic heterocycles. The van der Waals surface area contributed by atoms with Crippen LogP contribution in [-0.4, -0.2) is 19.6 Å². The Morgan fingerprint density at radius 3 is 2.61 bits per heavy atom. The van der Waals surface area contributed by atoms with Crippen LogP contribution >= 0.6 is 0 Å². The highest BCUT2D eigenvalue weighted by molar-refractivity contribution is 5.08. The number of aryl methyl sites for hydroxylation is 2. The van der Waals surface area contributed by atoms with Crippen molar-refractivity contribution in [3.63, 3.8) is 0 Å². The van der Waals surface area contributed by atoms with Crippen LogP contribution in [0.2, 0.25) is 0 Å². The van der Waals surface area contributed by atoms with E-state index in [4.69, 9.17) is 0 Å². The zero-order chi connectivity index (χ0) is 13.1. The SMILES string of the molecule is Cc1cc(CNCc2ccn(C(C)C)n2)n(C)n1.